The minimum absolute atomic E-state index is 0.0187. The Morgan fingerprint density at radius 1 is 1.71 bits per heavy atom. The third kappa shape index (κ3) is 3.13. The van der Waals surface area contributed by atoms with Crippen molar-refractivity contribution >= 4 is 17.5 Å². The van der Waals surface area contributed by atoms with Gasteiger partial charge in [0.25, 0.3) is 0 Å². The van der Waals surface area contributed by atoms with Gasteiger partial charge < -0.3 is 10.4 Å². The van der Waals surface area contributed by atoms with E-state index in [2.05, 4.69) is 10.3 Å². The summed E-state index contributed by atoms with van der Waals surface area (Å²) in [6.45, 7) is 3.35. The predicted molar refractivity (Wildman–Crippen MR) is 61.0 cm³/mol. The van der Waals surface area contributed by atoms with Gasteiger partial charge in [-0.3, -0.25) is 10.1 Å². The third-order valence-corrected chi connectivity index (χ3v) is 2.22. The van der Waals surface area contributed by atoms with Crippen molar-refractivity contribution in [2.45, 2.75) is 26.3 Å². The first-order valence-corrected chi connectivity index (χ1v) is 5.06. The normalized spacial score (nSPS) is 11.9. The molecule has 0 spiro atoms. The van der Waals surface area contributed by atoms with Crippen LogP contribution in [0.1, 0.15) is 18.9 Å². The Hall–Kier alpha value is -2.18. The minimum Gasteiger partial charge on any atom is -0.480 e. The van der Waals surface area contributed by atoms with E-state index in [-0.39, 0.29) is 11.5 Å². The lowest BCUT2D eigenvalue weighted by atomic mass is 10.2. The van der Waals surface area contributed by atoms with Crippen LogP contribution >= 0.6 is 0 Å². The van der Waals surface area contributed by atoms with E-state index in [0.717, 1.165) is 0 Å². The number of carboxylic acids is 1. The number of nitrogens with zero attached hydrogens (tertiary/aromatic N) is 2. The third-order valence-electron chi connectivity index (χ3n) is 2.22. The molecule has 1 unspecified atom stereocenters. The van der Waals surface area contributed by atoms with Crippen LogP contribution in [0.4, 0.5) is 11.5 Å². The van der Waals surface area contributed by atoms with Crippen LogP contribution in [0.5, 0.6) is 0 Å². The molecular weight excluding hydrogens is 226 g/mol. The van der Waals surface area contributed by atoms with Crippen LogP contribution in [0.2, 0.25) is 0 Å². The van der Waals surface area contributed by atoms with Crippen molar-refractivity contribution < 1.29 is 14.8 Å². The van der Waals surface area contributed by atoms with Crippen LogP contribution in [-0.2, 0) is 4.79 Å². The number of rotatable bonds is 5. The number of hydrogen-bond acceptors (Lipinski definition) is 5. The van der Waals surface area contributed by atoms with E-state index < -0.39 is 16.9 Å². The molecule has 0 aliphatic heterocycles. The molecule has 7 nitrogen and oxygen atoms in total. The smallest absolute Gasteiger partial charge is 0.326 e. The summed E-state index contributed by atoms with van der Waals surface area (Å²) in [5.74, 6) is -1.08. The van der Waals surface area contributed by atoms with Crippen molar-refractivity contribution in [3.8, 4) is 0 Å². The van der Waals surface area contributed by atoms with Crippen LogP contribution in [-0.4, -0.2) is 27.0 Å². The zero-order valence-corrected chi connectivity index (χ0v) is 9.51. The maximum Gasteiger partial charge on any atom is 0.326 e. The Labute approximate surface area is 97.6 Å². The number of hydrogen-bond donors (Lipinski definition) is 2. The van der Waals surface area contributed by atoms with E-state index in [1.165, 1.54) is 12.3 Å². The van der Waals surface area contributed by atoms with Gasteiger partial charge in [0.05, 0.1) is 4.92 Å². The second kappa shape index (κ2) is 5.24. The van der Waals surface area contributed by atoms with Crippen LogP contribution in [0.25, 0.3) is 0 Å². The number of carbonyl (C=O) groups is 1. The lowest BCUT2D eigenvalue weighted by Gasteiger charge is -2.12. The molecule has 17 heavy (non-hydrogen) atoms. The Bertz CT molecular complexity index is 447. The highest BCUT2D eigenvalue weighted by Gasteiger charge is 2.21. The van der Waals surface area contributed by atoms with Crippen LogP contribution in [0, 0.1) is 17.0 Å². The molecular formula is C10H13N3O4. The fourth-order valence-corrected chi connectivity index (χ4v) is 1.31. The summed E-state index contributed by atoms with van der Waals surface area (Å²) in [5, 5.41) is 22.2. The highest BCUT2D eigenvalue weighted by atomic mass is 16.6. The summed E-state index contributed by atoms with van der Waals surface area (Å²) in [6.07, 6.45) is 1.76. The molecule has 7 heteroatoms. The van der Waals surface area contributed by atoms with Crippen molar-refractivity contribution in [2.24, 2.45) is 0 Å². The van der Waals surface area contributed by atoms with Gasteiger partial charge >= 0.3 is 11.7 Å². The quantitative estimate of drug-likeness (QED) is 0.596. The summed E-state index contributed by atoms with van der Waals surface area (Å²) in [5.41, 5.74) is 0.426. The van der Waals surface area contributed by atoms with E-state index in [4.69, 9.17) is 5.11 Å². The molecule has 92 valence electrons. The first kappa shape index (κ1) is 12.9. The number of nitro groups is 1. The van der Waals surface area contributed by atoms with Gasteiger partial charge in [-0.15, -0.1) is 0 Å². The van der Waals surface area contributed by atoms with E-state index in [9.17, 15) is 14.9 Å². The zero-order chi connectivity index (χ0) is 13.0. The summed E-state index contributed by atoms with van der Waals surface area (Å²) in [6, 6.07) is 0.466. The molecule has 0 fully saturated rings. The highest BCUT2D eigenvalue weighted by Crippen LogP contribution is 2.23. The second-order valence-electron chi connectivity index (χ2n) is 3.58. The zero-order valence-electron chi connectivity index (χ0n) is 9.51. The number of aryl methyl sites for hydroxylation is 1. The number of pyridine rings is 1. The Morgan fingerprint density at radius 2 is 2.35 bits per heavy atom. The summed E-state index contributed by atoms with van der Waals surface area (Å²) >= 11 is 0. The van der Waals surface area contributed by atoms with Gasteiger partial charge in [-0.05, 0) is 18.9 Å². The van der Waals surface area contributed by atoms with Crippen molar-refractivity contribution in [2.75, 3.05) is 5.32 Å². The Balaban J connectivity index is 3.05. The number of aliphatic carboxylic acids is 1. The number of nitrogens with one attached hydrogen (secondary N) is 1. The molecule has 0 saturated carbocycles. The van der Waals surface area contributed by atoms with Gasteiger partial charge in [0.2, 0.25) is 5.82 Å². The molecule has 0 bridgehead atoms. The first-order chi connectivity index (χ1) is 7.95. The van der Waals surface area contributed by atoms with Gasteiger partial charge in [0.15, 0.2) is 0 Å². The standard InChI is InChI=1S/C10H13N3O4/c1-3-7(10(14)15)12-9-8(13(16)17)4-6(2)5-11-9/h4-5,7H,3H2,1-2H3,(H,11,12)(H,14,15). The lowest BCUT2D eigenvalue weighted by molar-refractivity contribution is -0.384. The molecule has 2 N–H and O–H groups in total. The monoisotopic (exact) mass is 239 g/mol. The summed E-state index contributed by atoms with van der Waals surface area (Å²) < 4.78 is 0. The molecule has 0 aliphatic carbocycles. The van der Waals surface area contributed by atoms with Gasteiger partial charge in [0, 0.05) is 12.3 Å². The maximum absolute atomic E-state index is 10.8. The lowest BCUT2D eigenvalue weighted by Crippen LogP contribution is -2.29. The minimum atomic E-state index is -1.07. The van der Waals surface area contributed by atoms with Crippen LogP contribution < -0.4 is 5.32 Å². The van der Waals surface area contributed by atoms with Crippen molar-refractivity contribution in [1.29, 1.82) is 0 Å². The van der Waals surface area contributed by atoms with Gasteiger partial charge in [0.1, 0.15) is 6.04 Å². The fourth-order valence-electron chi connectivity index (χ4n) is 1.31. The van der Waals surface area contributed by atoms with Gasteiger partial charge in [-0.25, -0.2) is 9.78 Å². The van der Waals surface area contributed by atoms with E-state index in [0.29, 0.717) is 12.0 Å². The van der Waals surface area contributed by atoms with E-state index in [1.54, 1.807) is 13.8 Å². The van der Waals surface area contributed by atoms with Gasteiger partial charge in [-0.1, -0.05) is 6.92 Å². The van der Waals surface area contributed by atoms with Crippen LogP contribution in [0.3, 0.4) is 0 Å². The summed E-state index contributed by atoms with van der Waals surface area (Å²) in [7, 11) is 0. The largest absolute Gasteiger partial charge is 0.480 e. The molecule has 1 rings (SSSR count). The summed E-state index contributed by atoms with van der Waals surface area (Å²) in [4.78, 5) is 24.9. The topological polar surface area (TPSA) is 105 Å². The molecule has 0 amide bonds. The molecule has 1 atom stereocenters. The Morgan fingerprint density at radius 3 is 2.82 bits per heavy atom. The van der Waals surface area contributed by atoms with Gasteiger partial charge in [-0.2, -0.15) is 0 Å². The maximum atomic E-state index is 10.8. The van der Waals surface area contributed by atoms with E-state index in [1.807, 2.05) is 0 Å². The molecule has 0 aliphatic rings. The van der Waals surface area contributed by atoms with E-state index >= 15 is 0 Å². The molecule has 1 aromatic rings. The van der Waals surface area contributed by atoms with Crippen molar-refractivity contribution in [3.05, 3.63) is 27.9 Å². The van der Waals surface area contributed by atoms with Crippen LogP contribution in [0.15, 0.2) is 12.3 Å². The first-order valence-electron chi connectivity index (χ1n) is 5.06. The molecule has 0 radical (unpaired) electrons. The Kier molecular flexibility index (Phi) is 3.97. The number of carboxylic acid groups (broad SMARTS) is 1. The molecule has 0 aromatic carbocycles. The molecule has 1 aromatic heterocycles. The average molecular weight is 239 g/mol. The predicted octanol–water partition coefficient (Wildman–Crippen LogP) is 1.57. The second-order valence-corrected chi connectivity index (χ2v) is 3.58. The van der Waals surface area contributed by atoms with Crippen molar-refractivity contribution in [3.63, 3.8) is 0 Å². The number of aromatic nitrogens is 1. The average Bonchev–Trinajstić information content (AvgIpc) is 2.26. The molecule has 0 saturated heterocycles. The highest BCUT2D eigenvalue weighted by molar-refractivity contribution is 5.78. The fraction of sp³-hybridized carbons (Fsp3) is 0.400. The van der Waals surface area contributed by atoms with Crippen molar-refractivity contribution in [1.82, 2.24) is 4.98 Å². The SMILES string of the molecule is CCC(Nc1ncc(C)cc1[N+](=O)[O-])C(=O)O. The number of anilines is 1. The molecule has 1 heterocycles.